The van der Waals surface area contributed by atoms with Crippen LogP contribution in [0.1, 0.15) is 37.8 Å². The van der Waals surface area contributed by atoms with Gasteiger partial charge in [0, 0.05) is 12.6 Å². The van der Waals surface area contributed by atoms with Gasteiger partial charge in [-0.1, -0.05) is 6.07 Å². The molecule has 1 saturated heterocycles. The fraction of sp³-hybridized carbons (Fsp3) is 0.500. The highest BCUT2D eigenvalue weighted by atomic mass is 19.1. The molecular weight excluding hydrogens is 247 g/mol. The van der Waals surface area contributed by atoms with Crippen molar-refractivity contribution >= 4 is 5.91 Å². The van der Waals surface area contributed by atoms with Gasteiger partial charge in [0.25, 0.3) is 5.91 Å². The number of carbonyl (C=O) groups is 1. The van der Waals surface area contributed by atoms with Crippen molar-refractivity contribution in [3.63, 3.8) is 0 Å². The largest absolute Gasteiger partial charge is 0.478 e. The molecule has 1 aliphatic heterocycles. The molecule has 1 aromatic carbocycles. The van der Waals surface area contributed by atoms with Gasteiger partial charge < -0.3 is 15.8 Å². The fourth-order valence-electron chi connectivity index (χ4n) is 2.07. The van der Waals surface area contributed by atoms with Crippen LogP contribution in [-0.4, -0.2) is 18.6 Å². The normalized spacial score (nSPS) is 21.4. The Balaban J connectivity index is 2.11. The summed E-state index contributed by atoms with van der Waals surface area (Å²) in [6.45, 7) is 2.44. The zero-order valence-corrected chi connectivity index (χ0v) is 11.0. The van der Waals surface area contributed by atoms with E-state index in [9.17, 15) is 9.18 Å². The number of halogens is 1. The van der Waals surface area contributed by atoms with Crippen LogP contribution in [0.5, 0.6) is 5.75 Å². The maximum absolute atomic E-state index is 13.9. The predicted molar refractivity (Wildman–Crippen MR) is 70.3 cm³/mol. The quantitative estimate of drug-likeness (QED) is 0.878. The maximum Gasteiger partial charge on any atom is 0.261 e. The molecule has 2 unspecified atom stereocenters. The molecule has 3 N–H and O–H groups in total. The van der Waals surface area contributed by atoms with Gasteiger partial charge in [0.1, 0.15) is 0 Å². The van der Waals surface area contributed by atoms with Crippen molar-refractivity contribution in [1.29, 1.82) is 0 Å². The van der Waals surface area contributed by atoms with Gasteiger partial charge in [0.15, 0.2) is 17.7 Å². The topological polar surface area (TPSA) is 64.3 Å². The van der Waals surface area contributed by atoms with E-state index in [0.717, 1.165) is 12.8 Å². The van der Waals surface area contributed by atoms with E-state index in [0.29, 0.717) is 18.5 Å². The number of carbonyl (C=O) groups excluding carboxylic acids is 1. The molecule has 2 rings (SSSR count). The summed E-state index contributed by atoms with van der Waals surface area (Å²) in [7, 11) is 0. The van der Waals surface area contributed by atoms with Gasteiger partial charge in [-0.3, -0.25) is 4.79 Å². The minimum atomic E-state index is -0.613. The Labute approximate surface area is 112 Å². The number of amides is 1. The Hall–Kier alpha value is -1.62. The van der Waals surface area contributed by atoms with Crippen LogP contribution in [0.2, 0.25) is 0 Å². The average Bonchev–Trinajstić information content (AvgIpc) is 2.57. The monoisotopic (exact) mass is 266 g/mol. The third kappa shape index (κ3) is 3.44. The summed E-state index contributed by atoms with van der Waals surface area (Å²) in [6.07, 6.45) is 1.82. The van der Waals surface area contributed by atoms with Crippen LogP contribution in [0.15, 0.2) is 18.2 Å². The number of ether oxygens (including phenoxy) is 1. The minimum Gasteiger partial charge on any atom is -0.478 e. The molecule has 19 heavy (non-hydrogen) atoms. The first kappa shape index (κ1) is 13.8. The first-order valence-corrected chi connectivity index (χ1v) is 6.57. The van der Waals surface area contributed by atoms with Crippen molar-refractivity contribution in [2.24, 2.45) is 5.73 Å². The SMILES string of the molecule is CC(N)c1ccc(OC2CCCCNC2=O)c(F)c1. The van der Waals surface area contributed by atoms with E-state index in [-0.39, 0.29) is 17.7 Å². The van der Waals surface area contributed by atoms with E-state index in [2.05, 4.69) is 5.32 Å². The standard InChI is InChI=1S/C14H19FN2O2/c1-9(16)10-5-6-12(11(15)8-10)19-13-4-2-3-7-17-14(13)18/h5-6,8-9,13H,2-4,7,16H2,1H3,(H,17,18). The van der Waals surface area contributed by atoms with Crippen LogP contribution < -0.4 is 15.8 Å². The van der Waals surface area contributed by atoms with Crippen LogP contribution in [0.4, 0.5) is 4.39 Å². The first-order chi connectivity index (χ1) is 9.08. The van der Waals surface area contributed by atoms with Gasteiger partial charge in [0.2, 0.25) is 0 Å². The lowest BCUT2D eigenvalue weighted by Crippen LogP contribution is -2.36. The van der Waals surface area contributed by atoms with Crippen molar-refractivity contribution in [1.82, 2.24) is 5.32 Å². The molecule has 104 valence electrons. The second-order valence-corrected chi connectivity index (χ2v) is 4.87. The van der Waals surface area contributed by atoms with Crippen LogP contribution in [-0.2, 0) is 4.79 Å². The molecule has 4 nitrogen and oxygen atoms in total. The summed E-state index contributed by atoms with van der Waals surface area (Å²) >= 11 is 0. The molecule has 0 bridgehead atoms. The van der Waals surface area contributed by atoms with Crippen molar-refractivity contribution in [2.75, 3.05) is 6.54 Å². The number of nitrogens with two attached hydrogens (primary N) is 1. The molecule has 2 atom stereocenters. The van der Waals surface area contributed by atoms with E-state index >= 15 is 0 Å². The fourth-order valence-corrected chi connectivity index (χ4v) is 2.07. The summed E-state index contributed by atoms with van der Waals surface area (Å²) in [5.74, 6) is -0.550. The molecule has 1 fully saturated rings. The van der Waals surface area contributed by atoms with E-state index in [1.54, 1.807) is 13.0 Å². The highest BCUT2D eigenvalue weighted by molar-refractivity contribution is 5.81. The molecule has 0 saturated carbocycles. The van der Waals surface area contributed by atoms with Crippen LogP contribution in [0, 0.1) is 5.82 Å². The zero-order valence-electron chi connectivity index (χ0n) is 11.0. The lowest BCUT2D eigenvalue weighted by Gasteiger charge is -2.17. The summed E-state index contributed by atoms with van der Waals surface area (Å²) < 4.78 is 19.4. The van der Waals surface area contributed by atoms with E-state index in [1.807, 2.05) is 0 Å². The van der Waals surface area contributed by atoms with Gasteiger partial charge in [-0.25, -0.2) is 4.39 Å². The summed E-state index contributed by atoms with van der Waals surface area (Å²) in [5, 5.41) is 2.76. The Morgan fingerprint density at radius 3 is 2.95 bits per heavy atom. The van der Waals surface area contributed by atoms with Gasteiger partial charge in [-0.2, -0.15) is 0 Å². The van der Waals surface area contributed by atoms with Gasteiger partial charge in [-0.05, 0) is 43.9 Å². The van der Waals surface area contributed by atoms with Gasteiger partial charge >= 0.3 is 0 Å². The highest BCUT2D eigenvalue weighted by Gasteiger charge is 2.23. The average molecular weight is 266 g/mol. The first-order valence-electron chi connectivity index (χ1n) is 6.57. The highest BCUT2D eigenvalue weighted by Crippen LogP contribution is 2.23. The van der Waals surface area contributed by atoms with E-state index < -0.39 is 11.9 Å². The molecule has 0 radical (unpaired) electrons. The predicted octanol–water partition coefficient (Wildman–Crippen LogP) is 1.89. The number of hydrogen-bond donors (Lipinski definition) is 2. The number of benzene rings is 1. The molecule has 1 heterocycles. The summed E-state index contributed by atoms with van der Waals surface area (Å²) in [5.41, 5.74) is 6.39. The van der Waals surface area contributed by atoms with Gasteiger partial charge in [-0.15, -0.1) is 0 Å². The van der Waals surface area contributed by atoms with E-state index in [1.165, 1.54) is 12.1 Å². The second kappa shape index (κ2) is 6.02. The summed E-state index contributed by atoms with van der Waals surface area (Å²) in [4.78, 5) is 11.7. The second-order valence-electron chi connectivity index (χ2n) is 4.87. The molecular formula is C14H19FN2O2. The number of nitrogens with one attached hydrogen (secondary N) is 1. The van der Waals surface area contributed by atoms with Crippen molar-refractivity contribution in [2.45, 2.75) is 38.3 Å². The van der Waals surface area contributed by atoms with Crippen LogP contribution in [0.3, 0.4) is 0 Å². The molecule has 0 aromatic heterocycles. The Kier molecular flexibility index (Phi) is 4.37. The molecule has 0 aliphatic carbocycles. The maximum atomic E-state index is 13.9. The molecule has 5 heteroatoms. The van der Waals surface area contributed by atoms with Crippen molar-refractivity contribution < 1.29 is 13.9 Å². The number of rotatable bonds is 3. The molecule has 1 aliphatic rings. The van der Waals surface area contributed by atoms with Gasteiger partial charge in [0.05, 0.1) is 0 Å². The Morgan fingerprint density at radius 1 is 1.47 bits per heavy atom. The third-order valence-electron chi connectivity index (χ3n) is 3.24. The zero-order chi connectivity index (χ0) is 13.8. The summed E-state index contributed by atoms with van der Waals surface area (Å²) in [6, 6.07) is 4.38. The van der Waals surface area contributed by atoms with Crippen LogP contribution >= 0.6 is 0 Å². The Morgan fingerprint density at radius 2 is 2.26 bits per heavy atom. The Bertz CT molecular complexity index is 463. The lowest BCUT2D eigenvalue weighted by atomic mass is 10.1. The minimum absolute atomic E-state index is 0.103. The smallest absolute Gasteiger partial charge is 0.261 e. The van der Waals surface area contributed by atoms with Crippen molar-refractivity contribution in [3.05, 3.63) is 29.6 Å². The lowest BCUT2D eigenvalue weighted by molar-refractivity contribution is -0.127. The van der Waals surface area contributed by atoms with Crippen molar-refractivity contribution in [3.8, 4) is 5.75 Å². The molecule has 1 amide bonds. The number of hydrogen-bond acceptors (Lipinski definition) is 3. The van der Waals surface area contributed by atoms with E-state index in [4.69, 9.17) is 10.5 Å². The molecule has 1 aromatic rings. The third-order valence-corrected chi connectivity index (χ3v) is 3.24. The van der Waals surface area contributed by atoms with Crippen LogP contribution in [0.25, 0.3) is 0 Å². The molecule has 0 spiro atoms.